The molecule has 6 heteroatoms. The number of carbonyl (C=O) groups excluding carboxylic acids is 2. The lowest BCUT2D eigenvalue weighted by Crippen LogP contribution is -2.21. The van der Waals surface area contributed by atoms with E-state index in [0.717, 1.165) is 0 Å². The molecule has 6 nitrogen and oxygen atoms in total. The van der Waals surface area contributed by atoms with E-state index in [4.69, 9.17) is 10.5 Å². The van der Waals surface area contributed by atoms with E-state index in [9.17, 15) is 9.59 Å². The molecule has 1 amide bonds. The SMILES string of the molecule is CCOC(=O)CCNc1ccc(C(=O)N(C)C)cc1N. The van der Waals surface area contributed by atoms with E-state index >= 15 is 0 Å². The number of carbonyl (C=O) groups is 2. The minimum atomic E-state index is -0.252. The van der Waals surface area contributed by atoms with E-state index in [1.54, 1.807) is 39.2 Å². The van der Waals surface area contributed by atoms with Gasteiger partial charge in [-0.15, -0.1) is 0 Å². The van der Waals surface area contributed by atoms with Crippen LogP contribution in [0.2, 0.25) is 0 Å². The minimum absolute atomic E-state index is 0.102. The van der Waals surface area contributed by atoms with Gasteiger partial charge in [0.25, 0.3) is 5.91 Å². The summed E-state index contributed by atoms with van der Waals surface area (Å²) in [6.07, 6.45) is 0.270. The molecule has 1 aromatic rings. The Hall–Kier alpha value is -2.24. The summed E-state index contributed by atoms with van der Waals surface area (Å²) in [4.78, 5) is 24.5. The number of rotatable bonds is 6. The average Bonchev–Trinajstić information content (AvgIpc) is 2.40. The van der Waals surface area contributed by atoms with Crippen molar-refractivity contribution in [2.75, 3.05) is 38.3 Å². The monoisotopic (exact) mass is 279 g/mol. The van der Waals surface area contributed by atoms with Crippen LogP contribution in [0.25, 0.3) is 0 Å². The largest absolute Gasteiger partial charge is 0.466 e. The average molecular weight is 279 g/mol. The summed E-state index contributed by atoms with van der Waals surface area (Å²) in [7, 11) is 3.37. The molecule has 0 aromatic heterocycles. The number of nitrogens with zero attached hydrogens (tertiary/aromatic N) is 1. The molecule has 0 heterocycles. The summed E-state index contributed by atoms with van der Waals surface area (Å²) in [5, 5.41) is 3.05. The van der Waals surface area contributed by atoms with Gasteiger partial charge >= 0.3 is 5.97 Å². The quantitative estimate of drug-likeness (QED) is 0.606. The maximum Gasteiger partial charge on any atom is 0.307 e. The van der Waals surface area contributed by atoms with Crippen LogP contribution in [0.4, 0.5) is 11.4 Å². The molecule has 0 atom stereocenters. The fraction of sp³-hybridized carbons (Fsp3) is 0.429. The second kappa shape index (κ2) is 7.37. The first-order valence-corrected chi connectivity index (χ1v) is 6.46. The maximum absolute atomic E-state index is 11.8. The summed E-state index contributed by atoms with van der Waals surface area (Å²) >= 11 is 0. The van der Waals surface area contributed by atoms with Crippen LogP contribution in [-0.2, 0) is 9.53 Å². The fourth-order valence-electron chi connectivity index (χ4n) is 1.65. The molecular formula is C14H21N3O3. The molecule has 0 unspecified atom stereocenters. The van der Waals surface area contributed by atoms with Gasteiger partial charge in [0, 0.05) is 26.2 Å². The first-order chi connectivity index (χ1) is 9.45. The maximum atomic E-state index is 11.8. The van der Waals surface area contributed by atoms with E-state index in [2.05, 4.69) is 5.32 Å². The lowest BCUT2D eigenvalue weighted by atomic mass is 10.1. The summed E-state index contributed by atoms with van der Waals surface area (Å²) < 4.78 is 4.83. The van der Waals surface area contributed by atoms with Gasteiger partial charge < -0.3 is 20.7 Å². The molecule has 20 heavy (non-hydrogen) atoms. The van der Waals surface area contributed by atoms with Crippen molar-refractivity contribution in [2.24, 2.45) is 0 Å². The zero-order valence-electron chi connectivity index (χ0n) is 12.1. The zero-order valence-corrected chi connectivity index (χ0v) is 12.1. The van der Waals surface area contributed by atoms with Crippen LogP contribution in [0.15, 0.2) is 18.2 Å². The number of hydrogen-bond donors (Lipinski definition) is 2. The van der Waals surface area contributed by atoms with Crippen molar-refractivity contribution in [3.05, 3.63) is 23.8 Å². The summed E-state index contributed by atoms with van der Waals surface area (Å²) in [6.45, 7) is 2.58. The molecule has 110 valence electrons. The van der Waals surface area contributed by atoms with Crippen molar-refractivity contribution < 1.29 is 14.3 Å². The van der Waals surface area contributed by atoms with E-state index in [-0.39, 0.29) is 18.3 Å². The van der Waals surface area contributed by atoms with Crippen LogP contribution in [-0.4, -0.2) is 44.0 Å². The number of benzene rings is 1. The van der Waals surface area contributed by atoms with Gasteiger partial charge in [-0.25, -0.2) is 0 Å². The summed E-state index contributed by atoms with van der Waals surface area (Å²) in [6, 6.07) is 5.05. The number of esters is 1. The predicted molar refractivity (Wildman–Crippen MR) is 78.6 cm³/mol. The highest BCUT2D eigenvalue weighted by atomic mass is 16.5. The lowest BCUT2D eigenvalue weighted by molar-refractivity contribution is -0.142. The van der Waals surface area contributed by atoms with Crippen molar-refractivity contribution in [1.29, 1.82) is 0 Å². The normalized spacial score (nSPS) is 9.95. The second-order valence-electron chi connectivity index (χ2n) is 4.48. The van der Waals surface area contributed by atoms with Crippen LogP contribution < -0.4 is 11.1 Å². The van der Waals surface area contributed by atoms with Crippen LogP contribution >= 0.6 is 0 Å². The van der Waals surface area contributed by atoms with Gasteiger partial charge in [0.1, 0.15) is 0 Å². The van der Waals surface area contributed by atoms with Crippen LogP contribution in [0.5, 0.6) is 0 Å². The molecule has 0 spiro atoms. The van der Waals surface area contributed by atoms with E-state index in [1.165, 1.54) is 4.90 Å². The van der Waals surface area contributed by atoms with Crippen molar-refractivity contribution >= 4 is 23.3 Å². The van der Waals surface area contributed by atoms with Gasteiger partial charge in [-0.05, 0) is 25.1 Å². The van der Waals surface area contributed by atoms with E-state index in [1.807, 2.05) is 0 Å². The molecule has 0 fully saturated rings. The second-order valence-corrected chi connectivity index (χ2v) is 4.48. The topological polar surface area (TPSA) is 84.7 Å². The molecular weight excluding hydrogens is 258 g/mol. The third-order valence-corrected chi connectivity index (χ3v) is 2.65. The molecule has 0 saturated carbocycles. The molecule has 1 aromatic carbocycles. The molecule has 0 aliphatic heterocycles. The molecule has 0 radical (unpaired) electrons. The van der Waals surface area contributed by atoms with Gasteiger partial charge in [-0.3, -0.25) is 9.59 Å². The van der Waals surface area contributed by atoms with Gasteiger partial charge in [0.05, 0.1) is 24.4 Å². The van der Waals surface area contributed by atoms with Crippen LogP contribution in [0.1, 0.15) is 23.7 Å². The highest BCUT2D eigenvalue weighted by Gasteiger charge is 2.10. The number of nitrogens with one attached hydrogen (secondary N) is 1. The number of nitrogens with two attached hydrogens (primary N) is 1. The first kappa shape index (κ1) is 15.8. The number of hydrogen-bond acceptors (Lipinski definition) is 5. The predicted octanol–water partition coefficient (Wildman–Crippen LogP) is 1.34. The van der Waals surface area contributed by atoms with E-state index in [0.29, 0.717) is 30.1 Å². The Balaban J connectivity index is 2.60. The third kappa shape index (κ3) is 4.46. The highest BCUT2D eigenvalue weighted by Crippen LogP contribution is 2.20. The van der Waals surface area contributed by atoms with E-state index < -0.39 is 0 Å². The van der Waals surface area contributed by atoms with Gasteiger partial charge in [-0.2, -0.15) is 0 Å². The molecule has 3 N–H and O–H groups in total. The molecule has 0 aliphatic rings. The Kier molecular flexibility index (Phi) is 5.83. The third-order valence-electron chi connectivity index (χ3n) is 2.65. The van der Waals surface area contributed by atoms with Crippen molar-refractivity contribution in [1.82, 2.24) is 4.90 Å². The van der Waals surface area contributed by atoms with Crippen LogP contribution in [0, 0.1) is 0 Å². The van der Waals surface area contributed by atoms with Crippen molar-refractivity contribution in [3.63, 3.8) is 0 Å². The van der Waals surface area contributed by atoms with Gasteiger partial charge in [-0.1, -0.05) is 0 Å². The number of anilines is 2. The number of nitrogen functional groups attached to an aromatic ring is 1. The number of amides is 1. The zero-order chi connectivity index (χ0) is 15.1. The van der Waals surface area contributed by atoms with Crippen LogP contribution in [0.3, 0.4) is 0 Å². The summed E-state index contributed by atoms with van der Waals surface area (Å²) in [5.74, 6) is -0.354. The molecule has 0 bridgehead atoms. The number of ether oxygens (including phenoxy) is 1. The minimum Gasteiger partial charge on any atom is -0.466 e. The Morgan fingerprint density at radius 3 is 2.60 bits per heavy atom. The standard InChI is InChI=1S/C14H21N3O3/c1-4-20-13(18)7-8-16-12-6-5-10(9-11(12)15)14(19)17(2)3/h5-6,9,16H,4,7-8,15H2,1-3H3. The Labute approximate surface area is 118 Å². The van der Waals surface area contributed by atoms with Gasteiger partial charge in [0.2, 0.25) is 0 Å². The smallest absolute Gasteiger partial charge is 0.307 e. The first-order valence-electron chi connectivity index (χ1n) is 6.46. The fourth-order valence-corrected chi connectivity index (χ4v) is 1.65. The molecule has 1 rings (SSSR count). The molecule has 0 saturated heterocycles. The Morgan fingerprint density at radius 2 is 2.05 bits per heavy atom. The molecule has 0 aliphatic carbocycles. The highest BCUT2D eigenvalue weighted by molar-refractivity contribution is 5.95. The van der Waals surface area contributed by atoms with Crippen molar-refractivity contribution in [3.8, 4) is 0 Å². The Morgan fingerprint density at radius 1 is 1.35 bits per heavy atom. The van der Waals surface area contributed by atoms with Crippen molar-refractivity contribution in [2.45, 2.75) is 13.3 Å². The van der Waals surface area contributed by atoms with Gasteiger partial charge in [0.15, 0.2) is 0 Å². The summed E-state index contributed by atoms with van der Waals surface area (Å²) in [5.41, 5.74) is 7.59. The Bertz CT molecular complexity index is 487. The lowest BCUT2D eigenvalue weighted by Gasteiger charge is -2.13.